The second-order valence-corrected chi connectivity index (χ2v) is 9.24. The van der Waals surface area contributed by atoms with E-state index in [1.807, 2.05) is 0 Å². The molecule has 3 aromatic rings. The molecule has 0 spiro atoms. The summed E-state index contributed by atoms with van der Waals surface area (Å²) in [5.74, 6) is 0.0826. The third-order valence-corrected chi connectivity index (χ3v) is 6.01. The first-order valence-corrected chi connectivity index (χ1v) is 11.1. The van der Waals surface area contributed by atoms with Crippen LogP contribution in [0.2, 0.25) is 0 Å². The number of nitrogens with two attached hydrogens (primary N) is 1. The lowest BCUT2D eigenvalue weighted by molar-refractivity contribution is -0.0961. The summed E-state index contributed by atoms with van der Waals surface area (Å²) in [5, 5.41) is 20.8. The molecule has 0 radical (unpaired) electrons. The van der Waals surface area contributed by atoms with Gasteiger partial charge < -0.3 is 29.9 Å². The third-order valence-electron chi connectivity index (χ3n) is 4.45. The molecule has 154 valence electrons. The summed E-state index contributed by atoms with van der Waals surface area (Å²) in [5.41, 5.74) is 7.09. The zero-order valence-electron chi connectivity index (χ0n) is 14.8. The normalized spacial score (nSPS) is 25.9. The lowest BCUT2D eigenvalue weighted by Crippen LogP contribution is -2.46. The molecule has 10 nitrogen and oxygen atoms in total. The fraction of sp³-hybridized carbons (Fsp3) is 0.312. The van der Waals surface area contributed by atoms with E-state index in [1.165, 1.54) is 30.6 Å². The Bertz CT molecular complexity index is 1100. The first kappa shape index (κ1) is 20.2. The highest BCUT2D eigenvalue weighted by molar-refractivity contribution is 8.07. The number of halogens is 1. The highest BCUT2D eigenvalue weighted by atomic mass is 32.5. The van der Waals surface area contributed by atoms with Gasteiger partial charge in [0.25, 0.3) is 0 Å². The quantitative estimate of drug-likeness (QED) is 0.423. The first-order valence-electron chi connectivity index (χ1n) is 8.49. The van der Waals surface area contributed by atoms with Crippen LogP contribution in [-0.2, 0) is 27.4 Å². The molecule has 1 saturated heterocycles. The van der Waals surface area contributed by atoms with Crippen molar-refractivity contribution in [2.45, 2.75) is 24.9 Å². The standard InChI is InChI=1S/C16H17FN5O5PS/c17-9-3-1-8(2-4-9)15-21-12-14(18)19-7-20-16(12)22(15)5-10(23)13-11(24)6-26-28(25,29)27-13/h1-4,7,10-11,13,23-24H,5-6H2,(H,25,29)(H2,18,19,20). The van der Waals surface area contributed by atoms with Gasteiger partial charge >= 0.3 is 6.72 Å². The lowest BCUT2D eigenvalue weighted by Gasteiger charge is -2.35. The van der Waals surface area contributed by atoms with Crippen molar-refractivity contribution in [2.75, 3.05) is 12.3 Å². The Balaban J connectivity index is 1.76. The summed E-state index contributed by atoms with van der Waals surface area (Å²) in [4.78, 5) is 22.4. The van der Waals surface area contributed by atoms with Gasteiger partial charge in [0.05, 0.1) is 13.2 Å². The number of nitrogens with zero attached hydrogens (tertiary/aromatic N) is 4. The Morgan fingerprint density at radius 2 is 2.07 bits per heavy atom. The van der Waals surface area contributed by atoms with Crippen LogP contribution in [0, 0.1) is 5.82 Å². The maximum absolute atomic E-state index is 13.3. The Morgan fingerprint density at radius 1 is 1.34 bits per heavy atom. The average molecular weight is 441 g/mol. The SMILES string of the molecule is Nc1ncnc2c1nc(-c1ccc(F)cc1)n2CC(O)C1OP(O)(=S)OCC1O. The Kier molecular flexibility index (Phi) is 5.34. The van der Waals surface area contributed by atoms with E-state index < -0.39 is 30.8 Å². The van der Waals surface area contributed by atoms with Gasteiger partial charge in [-0.25, -0.2) is 19.3 Å². The summed E-state index contributed by atoms with van der Waals surface area (Å²) < 4.78 is 25.0. The van der Waals surface area contributed by atoms with Crippen LogP contribution in [0.15, 0.2) is 30.6 Å². The summed E-state index contributed by atoms with van der Waals surface area (Å²) in [6.07, 6.45) is -2.42. The minimum absolute atomic E-state index is 0.128. The number of nitrogen functional groups attached to an aromatic ring is 1. The van der Waals surface area contributed by atoms with E-state index in [0.29, 0.717) is 22.6 Å². The molecule has 1 aromatic carbocycles. The minimum atomic E-state index is -3.55. The molecule has 1 aliphatic rings. The van der Waals surface area contributed by atoms with E-state index in [4.69, 9.17) is 26.6 Å². The number of fused-ring (bicyclic) bond motifs is 1. The number of anilines is 1. The van der Waals surface area contributed by atoms with Gasteiger partial charge in [-0.2, -0.15) is 0 Å². The number of aromatic nitrogens is 4. The van der Waals surface area contributed by atoms with E-state index in [9.17, 15) is 19.5 Å². The van der Waals surface area contributed by atoms with Crippen molar-refractivity contribution in [3.05, 3.63) is 36.4 Å². The number of benzene rings is 1. The van der Waals surface area contributed by atoms with Crippen molar-refractivity contribution >= 4 is 35.5 Å². The molecule has 29 heavy (non-hydrogen) atoms. The van der Waals surface area contributed by atoms with E-state index in [0.717, 1.165) is 0 Å². The van der Waals surface area contributed by atoms with Gasteiger partial charge in [-0.15, -0.1) is 0 Å². The zero-order chi connectivity index (χ0) is 20.8. The number of rotatable bonds is 4. The number of hydrogen-bond donors (Lipinski definition) is 4. The maximum atomic E-state index is 13.3. The van der Waals surface area contributed by atoms with Crippen molar-refractivity contribution < 1.29 is 28.5 Å². The van der Waals surface area contributed by atoms with E-state index in [2.05, 4.69) is 15.0 Å². The van der Waals surface area contributed by atoms with Crippen molar-refractivity contribution in [2.24, 2.45) is 0 Å². The molecule has 4 rings (SSSR count). The topological polar surface area (TPSA) is 149 Å². The molecule has 1 fully saturated rings. The molecule has 4 unspecified atom stereocenters. The van der Waals surface area contributed by atoms with E-state index in [1.54, 1.807) is 4.57 Å². The van der Waals surface area contributed by atoms with Crippen LogP contribution in [0.4, 0.5) is 10.2 Å². The van der Waals surface area contributed by atoms with Crippen LogP contribution in [0.1, 0.15) is 0 Å². The molecule has 2 aromatic heterocycles. The van der Waals surface area contributed by atoms with Crippen LogP contribution < -0.4 is 5.73 Å². The smallest absolute Gasteiger partial charge is 0.325 e. The molecule has 3 heterocycles. The van der Waals surface area contributed by atoms with Crippen LogP contribution in [-0.4, -0.2) is 59.5 Å². The Hall–Kier alpha value is -2.05. The minimum Gasteiger partial charge on any atom is -0.388 e. The Morgan fingerprint density at radius 3 is 2.79 bits per heavy atom. The molecule has 0 amide bonds. The van der Waals surface area contributed by atoms with Crippen molar-refractivity contribution in [1.29, 1.82) is 0 Å². The molecular weight excluding hydrogens is 424 g/mol. The van der Waals surface area contributed by atoms with Gasteiger partial charge in [0.1, 0.15) is 36.3 Å². The largest absolute Gasteiger partial charge is 0.388 e. The summed E-state index contributed by atoms with van der Waals surface area (Å²) in [6.45, 7) is -3.95. The highest BCUT2D eigenvalue weighted by Crippen LogP contribution is 2.49. The molecule has 0 saturated carbocycles. The summed E-state index contributed by atoms with van der Waals surface area (Å²) in [6, 6.07) is 5.60. The Labute approximate surface area is 169 Å². The number of hydrogen-bond acceptors (Lipinski definition) is 9. The van der Waals surface area contributed by atoms with Gasteiger partial charge in [0.2, 0.25) is 0 Å². The van der Waals surface area contributed by atoms with Crippen molar-refractivity contribution in [3.63, 3.8) is 0 Å². The molecule has 0 aliphatic carbocycles. The van der Waals surface area contributed by atoms with Gasteiger partial charge in [0, 0.05) is 5.56 Å². The molecule has 0 bridgehead atoms. The summed E-state index contributed by atoms with van der Waals surface area (Å²) in [7, 11) is 0. The third kappa shape index (κ3) is 4.01. The fourth-order valence-electron chi connectivity index (χ4n) is 3.08. The van der Waals surface area contributed by atoms with Crippen LogP contribution in [0.3, 0.4) is 0 Å². The lowest BCUT2D eigenvalue weighted by atomic mass is 10.1. The predicted molar refractivity (Wildman–Crippen MR) is 104 cm³/mol. The number of aliphatic hydroxyl groups is 2. The van der Waals surface area contributed by atoms with Gasteiger partial charge in [-0.3, -0.25) is 4.52 Å². The zero-order valence-corrected chi connectivity index (χ0v) is 16.5. The second-order valence-electron chi connectivity index (χ2n) is 6.45. The van der Waals surface area contributed by atoms with Crippen LogP contribution in [0.5, 0.6) is 0 Å². The molecule has 5 N–H and O–H groups in total. The monoisotopic (exact) mass is 441 g/mol. The van der Waals surface area contributed by atoms with Gasteiger partial charge in [-0.1, -0.05) is 0 Å². The predicted octanol–water partition coefficient (Wildman–Crippen LogP) is 0.569. The molecule has 4 atom stereocenters. The fourth-order valence-corrected chi connectivity index (χ4v) is 4.56. The van der Waals surface area contributed by atoms with E-state index >= 15 is 0 Å². The molecule has 13 heteroatoms. The summed E-state index contributed by atoms with van der Waals surface area (Å²) >= 11 is 4.81. The highest BCUT2D eigenvalue weighted by Gasteiger charge is 2.39. The van der Waals surface area contributed by atoms with E-state index in [-0.39, 0.29) is 19.0 Å². The maximum Gasteiger partial charge on any atom is 0.325 e. The number of imidazole rings is 1. The second kappa shape index (κ2) is 7.65. The van der Waals surface area contributed by atoms with Crippen LogP contribution >= 0.6 is 6.72 Å². The van der Waals surface area contributed by atoms with Crippen molar-refractivity contribution in [1.82, 2.24) is 19.5 Å². The van der Waals surface area contributed by atoms with Crippen molar-refractivity contribution in [3.8, 4) is 11.4 Å². The average Bonchev–Trinajstić information content (AvgIpc) is 3.04. The first-order chi connectivity index (χ1) is 13.7. The van der Waals surface area contributed by atoms with Gasteiger partial charge in [-0.05, 0) is 36.1 Å². The molecular formula is C16H17FN5O5PS. The molecule has 1 aliphatic heterocycles. The van der Waals surface area contributed by atoms with Crippen LogP contribution in [0.25, 0.3) is 22.6 Å². The number of aliphatic hydroxyl groups excluding tert-OH is 2. The van der Waals surface area contributed by atoms with Gasteiger partial charge in [0.15, 0.2) is 17.0 Å².